The summed E-state index contributed by atoms with van der Waals surface area (Å²) in [5.41, 5.74) is 9.43. The first kappa shape index (κ1) is 14.0. The van der Waals surface area contributed by atoms with Crippen LogP contribution in [0.4, 0.5) is 0 Å². The molecule has 0 saturated heterocycles. The SMILES string of the molecule is CC(C)c1ccccc1C=C1c2ccccc2-c2ccccc21. The average Bonchev–Trinajstić information content (AvgIpc) is 2.90. The molecule has 0 unspecified atom stereocenters. The van der Waals surface area contributed by atoms with Gasteiger partial charge in [-0.3, -0.25) is 0 Å². The van der Waals surface area contributed by atoms with Crippen molar-refractivity contribution < 1.29 is 0 Å². The molecule has 0 fully saturated rings. The largest absolute Gasteiger partial charge is 0.0619 e. The fourth-order valence-corrected chi connectivity index (χ4v) is 3.53. The van der Waals surface area contributed by atoms with E-state index in [9.17, 15) is 0 Å². The molecule has 0 amide bonds. The molecule has 3 aromatic rings. The van der Waals surface area contributed by atoms with E-state index in [0.717, 1.165) is 0 Å². The Bertz CT molecular complexity index is 850. The van der Waals surface area contributed by atoms with Crippen molar-refractivity contribution in [2.75, 3.05) is 0 Å². The molecule has 0 aliphatic heterocycles. The molecule has 23 heavy (non-hydrogen) atoms. The van der Waals surface area contributed by atoms with E-state index in [1.807, 2.05) is 0 Å². The molecule has 0 radical (unpaired) electrons. The highest BCUT2D eigenvalue weighted by molar-refractivity contribution is 6.06. The molecule has 0 atom stereocenters. The monoisotopic (exact) mass is 296 g/mol. The van der Waals surface area contributed by atoms with E-state index in [2.05, 4.69) is 92.7 Å². The van der Waals surface area contributed by atoms with Gasteiger partial charge in [-0.05, 0) is 50.9 Å². The maximum atomic E-state index is 2.36. The summed E-state index contributed by atoms with van der Waals surface area (Å²) in [5, 5.41) is 0. The van der Waals surface area contributed by atoms with Crippen molar-refractivity contribution in [3.05, 3.63) is 95.1 Å². The van der Waals surface area contributed by atoms with Gasteiger partial charge in [0.2, 0.25) is 0 Å². The second kappa shape index (κ2) is 5.55. The summed E-state index contributed by atoms with van der Waals surface area (Å²) in [7, 11) is 0. The van der Waals surface area contributed by atoms with Gasteiger partial charge in [-0.15, -0.1) is 0 Å². The van der Waals surface area contributed by atoms with Crippen molar-refractivity contribution in [3.8, 4) is 11.1 Å². The van der Waals surface area contributed by atoms with Gasteiger partial charge in [0, 0.05) is 0 Å². The van der Waals surface area contributed by atoms with Gasteiger partial charge >= 0.3 is 0 Å². The number of fused-ring (bicyclic) bond motifs is 3. The molecule has 0 saturated carbocycles. The fourth-order valence-electron chi connectivity index (χ4n) is 3.53. The topological polar surface area (TPSA) is 0 Å². The molecule has 0 aromatic heterocycles. The lowest BCUT2D eigenvalue weighted by Crippen LogP contribution is -1.92. The van der Waals surface area contributed by atoms with E-state index in [-0.39, 0.29) is 0 Å². The van der Waals surface area contributed by atoms with Crippen molar-refractivity contribution in [1.82, 2.24) is 0 Å². The van der Waals surface area contributed by atoms with Gasteiger partial charge in [0.25, 0.3) is 0 Å². The van der Waals surface area contributed by atoms with E-state index in [1.54, 1.807) is 0 Å². The van der Waals surface area contributed by atoms with Crippen molar-refractivity contribution in [2.24, 2.45) is 0 Å². The minimum absolute atomic E-state index is 0.523. The summed E-state index contributed by atoms with van der Waals surface area (Å²) in [6, 6.07) is 26.2. The molecular weight excluding hydrogens is 276 g/mol. The molecule has 0 heteroatoms. The predicted octanol–water partition coefficient (Wildman–Crippen LogP) is 6.38. The van der Waals surface area contributed by atoms with Crippen LogP contribution >= 0.6 is 0 Å². The van der Waals surface area contributed by atoms with Gasteiger partial charge in [-0.25, -0.2) is 0 Å². The summed E-state index contributed by atoms with van der Waals surface area (Å²) in [6.07, 6.45) is 2.36. The van der Waals surface area contributed by atoms with Gasteiger partial charge in [0.05, 0.1) is 0 Å². The zero-order chi connectivity index (χ0) is 15.8. The molecule has 0 spiro atoms. The summed E-state index contributed by atoms with van der Waals surface area (Å²) in [5.74, 6) is 0.523. The Morgan fingerprint density at radius 1 is 0.609 bits per heavy atom. The van der Waals surface area contributed by atoms with Crippen LogP contribution in [-0.2, 0) is 0 Å². The fraction of sp³-hybridized carbons (Fsp3) is 0.130. The number of hydrogen-bond acceptors (Lipinski definition) is 0. The third-order valence-electron chi connectivity index (χ3n) is 4.64. The van der Waals surface area contributed by atoms with Crippen LogP contribution in [0, 0.1) is 0 Å². The molecule has 3 aromatic carbocycles. The van der Waals surface area contributed by atoms with E-state index in [0.29, 0.717) is 5.92 Å². The van der Waals surface area contributed by atoms with Crippen molar-refractivity contribution in [3.63, 3.8) is 0 Å². The quantitative estimate of drug-likeness (QED) is 0.402. The summed E-state index contributed by atoms with van der Waals surface area (Å²) in [4.78, 5) is 0. The molecule has 4 rings (SSSR count). The first-order chi connectivity index (χ1) is 11.3. The normalized spacial score (nSPS) is 12.2. The Hall–Kier alpha value is -2.60. The molecule has 0 nitrogen and oxygen atoms in total. The molecule has 112 valence electrons. The lowest BCUT2D eigenvalue weighted by atomic mass is 9.94. The first-order valence-corrected chi connectivity index (χ1v) is 8.25. The van der Waals surface area contributed by atoms with Gasteiger partial charge < -0.3 is 0 Å². The molecular formula is C23H20. The Labute approximate surface area is 138 Å². The van der Waals surface area contributed by atoms with Crippen LogP contribution in [0.25, 0.3) is 22.8 Å². The van der Waals surface area contributed by atoms with Crippen LogP contribution < -0.4 is 0 Å². The van der Waals surface area contributed by atoms with Crippen LogP contribution in [0.2, 0.25) is 0 Å². The van der Waals surface area contributed by atoms with Gasteiger partial charge in [-0.2, -0.15) is 0 Å². The third-order valence-corrected chi connectivity index (χ3v) is 4.64. The minimum Gasteiger partial charge on any atom is -0.0619 e. The zero-order valence-corrected chi connectivity index (χ0v) is 13.6. The predicted molar refractivity (Wildman–Crippen MR) is 99.4 cm³/mol. The van der Waals surface area contributed by atoms with Crippen LogP contribution in [0.5, 0.6) is 0 Å². The van der Waals surface area contributed by atoms with E-state index in [4.69, 9.17) is 0 Å². The summed E-state index contributed by atoms with van der Waals surface area (Å²) in [6.45, 7) is 4.52. The van der Waals surface area contributed by atoms with E-state index in [1.165, 1.54) is 39.0 Å². The van der Waals surface area contributed by atoms with Gasteiger partial charge in [-0.1, -0.05) is 86.6 Å². The van der Waals surface area contributed by atoms with Crippen molar-refractivity contribution in [2.45, 2.75) is 19.8 Å². The van der Waals surface area contributed by atoms with Crippen LogP contribution in [-0.4, -0.2) is 0 Å². The van der Waals surface area contributed by atoms with Gasteiger partial charge in [0.15, 0.2) is 0 Å². The van der Waals surface area contributed by atoms with Crippen molar-refractivity contribution >= 4 is 11.6 Å². The smallest absolute Gasteiger partial charge is 0.00929 e. The molecule has 0 heterocycles. The first-order valence-electron chi connectivity index (χ1n) is 8.25. The lowest BCUT2D eigenvalue weighted by Gasteiger charge is -2.11. The number of rotatable bonds is 2. The second-order valence-electron chi connectivity index (χ2n) is 6.43. The Balaban J connectivity index is 1.96. The Kier molecular flexibility index (Phi) is 3.38. The lowest BCUT2D eigenvalue weighted by molar-refractivity contribution is 0.864. The molecule has 0 bridgehead atoms. The highest BCUT2D eigenvalue weighted by Crippen LogP contribution is 2.45. The van der Waals surface area contributed by atoms with E-state index < -0.39 is 0 Å². The highest BCUT2D eigenvalue weighted by Gasteiger charge is 2.22. The van der Waals surface area contributed by atoms with Gasteiger partial charge in [0.1, 0.15) is 0 Å². The average molecular weight is 296 g/mol. The zero-order valence-electron chi connectivity index (χ0n) is 13.6. The molecule has 0 N–H and O–H groups in total. The highest BCUT2D eigenvalue weighted by atomic mass is 14.3. The van der Waals surface area contributed by atoms with Crippen LogP contribution in [0.15, 0.2) is 72.8 Å². The standard InChI is InChI=1S/C23H20/c1-16(2)18-10-4-3-9-17(18)15-23-21-13-7-5-11-19(21)20-12-6-8-14-22(20)23/h3-16H,1-2H3. The van der Waals surface area contributed by atoms with Crippen molar-refractivity contribution in [1.29, 1.82) is 0 Å². The summed E-state index contributed by atoms with van der Waals surface area (Å²) < 4.78 is 0. The number of hydrogen-bond donors (Lipinski definition) is 0. The molecule has 1 aliphatic carbocycles. The maximum Gasteiger partial charge on any atom is -0.00929 e. The molecule has 1 aliphatic rings. The Morgan fingerprint density at radius 3 is 1.65 bits per heavy atom. The summed E-state index contributed by atoms with van der Waals surface area (Å²) >= 11 is 0. The van der Waals surface area contributed by atoms with E-state index >= 15 is 0 Å². The van der Waals surface area contributed by atoms with Crippen LogP contribution in [0.3, 0.4) is 0 Å². The maximum absolute atomic E-state index is 2.36. The third kappa shape index (κ3) is 2.31. The van der Waals surface area contributed by atoms with Crippen LogP contribution in [0.1, 0.15) is 42.0 Å². The second-order valence-corrected chi connectivity index (χ2v) is 6.43. The Morgan fingerprint density at radius 2 is 1.09 bits per heavy atom. The number of benzene rings is 3. The minimum atomic E-state index is 0.523.